The molecule has 1 rings (SSSR count). The van der Waals surface area contributed by atoms with Crippen LogP contribution in [-0.4, -0.2) is 25.8 Å². The summed E-state index contributed by atoms with van der Waals surface area (Å²) in [6.45, 7) is 5.19. The van der Waals surface area contributed by atoms with Crippen LogP contribution in [0.2, 0.25) is 0 Å². The Labute approximate surface area is 147 Å². The smallest absolute Gasteiger partial charge is 0.349 e. The van der Waals surface area contributed by atoms with Crippen LogP contribution < -0.4 is 9.47 Å². The van der Waals surface area contributed by atoms with Crippen LogP contribution in [-0.2, 0) is 9.53 Å². The molecule has 0 amide bonds. The fourth-order valence-corrected chi connectivity index (χ4v) is 1.90. The third kappa shape index (κ3) is 5.64. The fourth-order valence-electron chi connectivity index (χ4n) is 1.72. The van der Waals surface area contributed by atoms with Gasteiger partial charge < -0.3 is 14.2 Å². The zero-order valence-corrected chi connectivity index (χ0v) is 15.1. The molecule has 0 atom stereocenters. The number of methoxy groups -OCH3 is 2. The number of halogens is 1. The molecule has 128 valence electrons. The van der Waals surface area contributed by atoms with E-state index in [-0.39, 0.29) is 5.57 Å². The van der Waals surface area contributed by atoms with E-state index in [0.29, 0.717) is 22.1 Å². The van der Waals surface area contributed by atoms with Gasteiger partial charge in [-0.15, -0.1) is 0 Å². The van der Waals surface area contributed by atoms with Crippen LogP contribution >= 0.6 is 11.6 Å². The highest BCUT2D eigenvalue weighted by atomic mass is 35.5. The van der Waals surface area contributed by atoms with E-state index in [1.54, 1.807) is 39.0 Å². The van der Waals surface area contributed by atoms with Crippen molar-refractivity contribution in [1.29, 1.82) is 5.26 Å². The molecule has 0 heterocycles. The maximum absolute atomic E-state index is 11.9. The molecule has 5 nitrogen and oxygen atoms in total. The van der Waals surface area contributed by atoms with E-state index < -0.39 is 11.6 Å². The second kappa shape index (κ2) is 8.42. The number of nitrogens with zero attached hydrogens (tertiary/aromatic N) is 1. The number of rotatable bonds is 5. The van der Waals surface area contributed by atoms with E-state index in [1.807, 2.05) is 6.07 Å². The predicted molar refractivity (Wildman–Crippen MR) is 92.9 cm³/mol. The second-order valence-corrected chi connectivity index (χ2v) is 6.19. The summed E-state index contributed by atoms with van der Waals surface area (Å²) in [6.07, 6.45) is 2.79. The van der Waals surface area contributed by atoms with Crippen molar-refractivity contribution in [2.75, 3.05) is 14.2 Å². The van der Waals surface area contributed by atoms with Gasteiger partial charge in [0, 0.05) is 5.03 Å². The normalized spacial score (nSPS) is 12.4. The number of carbonyl (C=O) groups is 1. The number of ether oxygens (including phenoxy) is 3. The quantitative estimate of drug-likeness (QED) is 0.347. The Morgan fingerprint density at radius 2 is 1.79 bits per heavy atom. The molecule has 1 aromatic carbocycles. The summed E-state index contributed by atoms with van der Waals surface area (Å²) in [6, 6.07) is 6.97. The van der Waals surface area contributed by atoms with Crippen molar-refractivity contribution >= 4 is 22.6 Å². The van der Waals surface area contributed by atoms with Gasteiger partial charge in [0.15, 0.2) is 11.5 Å². The molecule has 0 aliphatic rings. The highest BCUT2D eigenvalue weighted by Crippen LogP contribution is 2.31. The van der Waals surface area contributed by atoms with E-state index in [1.165, 1.54) is 26.4 Å². The summed E-state index contributed by atoms with van der Waals surface area (Å²) in [5.74, 6) is 0.406. The summed E-state index contributed by atoms with van der Waals surface area (Å²) >= 11 is 6.23. The molecule has 0 spiro atoms. The average Bonchev–Trinajstić information content (AvgIpc) is 2.52. The molecular formula is C18H20ClNO4. The van der Waals surface area contributed by atoms with Gasteiger partial charge in [0.25, 0.3) is 0 Å². The van der Waals surface area contributed by atoms with E-state index in [9.17, 15) is 4.79 Å². The van der Waals surface area contributed by atoms with Gasteiger partial charge in [-0.3, -0.25) is 0 Å². The summed E-state index contributed by atoms with van der Waals surface area (Å²) in [4.78, 5) is 11.9. The summed E-state index contributed by atoms with van der Waals surface area (Å²) in [5, 5.41) is 9.44. The van der Waals surface area contributed by atoms with E-state index in [0.717, 1.165) is 0 Å². The topological polar surface area (TPSA) is 68.5 Å². The lowest BCUT2D eigenvalue weighted by Crippen LogP contribution is -2.24. The number of esters is 1. The molecule has 1 aromatic rings. The minimum Gasteiger partial charge on any atom is -0.493 e. The van der Waals surface area contributed by atoms with Crippen molar-refractivity contribution in [2.24, 2.45) is 0 Å². The van der Waals surface area contributed by atoms with Crippen molar-refractivity contribution in [2.45, 2.75) is 26.4 Å². The highest BCUT2D eigenvalue weighted by Gasteiger charge is 2.19. The lowest BCUT2D eigenvalue weighted by Gasteiger charge is -2.18. The number of benzene rings is 1. The number of nitriles is 1. The molecule has 0 bridgehead atoms. The first-order valence-electron chi connectivity index (χ1n) is 7.15. The Morgan fingerprint density at radius 1 is 1.17 bits per heavy atom. The second-order valence-electron chi connectivity index (χ2n) is 5.78. The van der Waals surface area contributed by atoms with Gasteiger partial charge in [0.1, 0.15) is 17.2 Å². The van der Waals surface area contributed by atoms with Crippen LogP contribution in [0.3, 0.4) is 0 Å². The van der Waals surface area contributed by atoms with Gasteiger partial charge in [0.05, 0.1) is 14.2 Å². The number of hydrogen-bond donors (Lipinski definition) is 0. The van der Waals surface area contributed by atoms with Crippen molar-refractivity contribution in [3.05, 3.63) is 41.5 Å². The first kappa shape index (κ1) is 19.6. The van der Waals surface area contributed by atoms with Crippen molar-refractivity contribution in [3.63, 3.8) is 0 Å². The van der Waals surface area contributed by atoms with Crippen LogP contribution in [0.25, 0.3) is 5.03 Å². The molecule has 0 fully saturated rings. The largest absolute Gasteiger partial charge is 0.493 e. The molecule has 0 aromatic heterocycles. The zero-order chi connectivity index (χ0) is 18.3. The van der Waals surface area contributed by atoms with Gasteiger partial charge in [-0.25, -0.2) is 4.79 Å². The highest BCUT2D eigenvalue weighted by molar-refractivity contribution is 6.49. The SMILES string of the molecule is COc1ccc(/C(Cl)=C/C=C(\C#N)C(=O)OC(C)(C)C)cc1OC. The standard InChI is InChI=1S/C18H20ClNO4/c1-18(2,3)24-17(21)13(11-20)6-8-14(19)12-7-9-15(22-4)16(10-12)23-5/h6-10H,1-5H3/b13-6+,14-8-. The Morgan fingerprint density at radius 3 is 2.29 bits per heavy atom. The van der Waals surface area contributed by atoms with Crippen molar-refractivity contribution < 1.29 is 19.0 Å². The van der Waals surface area contributed by atoms with Crippen LogP contribution in [0.1, 0.15) is 26.3 Å². The van der Waals surface area contributed by atoms with Gasteiger partial charge in [-0.1, -0.05) is 11.6 Å². The number of carbonyl (C=O) groups excluding carboxylic acids is 1. The maximum Gasteiger partial charge on any atom is 0.349 e. The third-order valence-corrected chi connectivity index (χ3v) is 3.14. The molecule has 6 heteroatoms. The fraction of sp³-hybridized carbons (Fsp3) is 0.333. The Hall–Kier alpha value is -2.45. The van der Waals surface area contributed by atoms with Crippen LogP contribution in [0.4, 0.5) is 0 Å². The van der Waals surface area contributed by atoms with Gasteiger partial charge in [-0.05, 0) is 56.7 Å². The molecule has 24 heavy (non-hydrogen) atoms. The molecule has 0 aliphatic carbocycles. The van der Waals surface area contributed by atoms with Gasteiger partial charge in [-0.2, -0.15) is 5.26 Å². The Balaban J connectivity index is 3.07. The lowest BCUT2D eigenvalue weighted by molar-refractivity contribution is -0.149. The molecule has 0 saturated heterocycles. The average molecular weight is 350 g/mol. The molecule has 0 radical (unpaired) electrons. The number of hydrogen-bond acceptors (Lipinski definition) is 5. The summed E-state index contributed by atoms with van der Waals surface area (Å²) in [5.41, 5.74) is -0.153. The van der Waals surface area contributed by atoms with E-state index >= 15 is 0 Å². The minimum atomic E-state index is -0.696. The summed E-state index contributed by atoms with van der Waals surface area (Å²) < 4.78 is 15.5. The van der Waals surface area contributed by atoms with Crippen LogP contribution in [0.15, 0.2) is 35.9 Å². The lowest BCUT2D eigenvalue weighted by atomic mass is 10.1. The van der Waals surface area contributed by atoms with Gasteiger partial charge in [0.2, 0.25) is 0 Å². The van der Waals surface area contributed by atoms with Crippen LogP contribution in [0.5, 0.6) is 11.5 Å². The molecule has 0 saturated carbocycles. The first-order chi connectivity index (χ1) is 11.2. The monoisotopic (exact) mass is 349 g/mol. The van der Waals surface area contributed by atoms with E-state index in [2.05, 4.69) is 0 Å². The molecule has 0 N–H and O–H groups in total. The van der Waals surface area contributed by atoms with Gasteiger partial charge >= 0.3 is 5.97 Å². The zero-order valence-electron chi connectivity index (χ0n) is 14.3. The Bertz CT molecular complexity index is 709. The van der Waals surface area contributed by atoms with Crippen molar-refractivity contribution in [3.8, 4) is 17.6 Å². The number of allylic oxidation sites excluding steroid dienone is 2. The minimum absolute atomic E-state index is 0.136. The molecule has 0 unspecified atom stereocenters. The molecule has 0 aliphatic heterocycles. The van der Waals surface area contributed by atoms with Crippen molar-refractivity contribution in [1.82, 2.24) is 0 Å². The maximum atomic E-state index is 11.9. The molecular weight excluding hydrogens is 330 g/mol. The van der Waals surface area contributed by atoms with Crippen LogP contribution in [0, 0.1) is 11.3 Å². The van der Waals surface area contributed by atoms with E-state index in [4.69, 9.17) is 31.1 Å². The summed E-state index contributed by atoms with van der Waals surface area (Å²) in [7, 11) is 3.06. The predicted octanol–water partition coefficient (Wildman–Crippen LogP) is 4.08. The first-order valence-corrected chi connectivity index (χ1v) is 7.53. The third-order valence-electron chi connectivity index (χ3n) is 2.79. The Kier molecular flexibility index (Phi) is 6.87.